The van der Waals surface area contributed by atoms with Crippen LogP contribution in [-0.2, 0) is 13.6 Å². The van der Waals surface area contributed by atoms with E-state index in [0.29, 0.717) is 30.0 Å². The van der Waals surface area contributed by atoms with Crippen molar-refractivity contribution in [3.63, 3.8) is 0 Å². The second-order valence-corrected chi connectivity index (χ2v) is 9.10. The average Bonchev–Trinajstić information content (AvgIpc) is 3.55. The molecular weight excluding hydrogens is 440 g/mol. The molecule has 9 nitrogen and oxygen atoms in total. The van der Waals surface area contributed by atoms with Crippen molar-refractivity contribution in [2.75, 3.05) is 7.11 Å². The number of rotatable bonds is 6. The molecule has 5 aromatic rings. The van der Waals surface area contributed by atoms with E-state index < -0.39 is 0 Å². The van der Waals surface area contributed by atoms with Crippen molar-refractivity contribution < 1.29 is 4.74 Å². The second kappa shape index (κ2) is 8.26. The smallest absolute Gasteiger partial charge is 0.228 e. The molecule has 1 aliphatic carbocycles. The Bertz CT molecular complexity index is 1550. The molecule has 0 spiro atoms. The lowest BCUT2D eigenvalue weighted by Gasteiger charge is -2.12. The lowest BCUT2D eigenvalue weighted by atomic mass is 10.1. The van der Waals surface area contributed by atoms with Crippen LogP contribution in [0.2, 0.25) is 0 Å². The van der Waals surface area contributed by atoms with Crippen LogP contribution in [0.25, 0.3) is 33.8 Å². The van der Waals surface area contributed by atoms with Gasteiger partial charge in [-0.1, -0.05) is 24.3 Å². The first-order chi connectivity index (χ1) is 17.0. The third-order valence-electron chi connectivity index (χ3n) is 6.31. The quantitative estimate of drug-likeness (QED) is 0.369. The van der Waals surface area contributed by atoms with E-state index in [1.807, 2.05) is 42.5 Å². The number of hydrogen-bond acceptors (Lipinski definition) is 7. The summed E-state index contributed by atoms with van der Waals surface area (Å²) in [5.74, 6) is 3.15. The summed E-state index contributed by atoms with van der Waals surface area (Å²) in [5.41, 5.74) is 5.73. The molecule has 35 heavy (non-hydrogen) atoms. The molecule has 9 heteroatoms. The number of ether oxygens (including phenoxy) is 1. The fourth-order valence-electron chi connectivity index (χ4n) is 4.50. The van der Waals surface area contributed by atoms with Gasteiger partial charge in [-0.2, -0.15) is 10.1 Å². The highest BCUT2D eigenvalue weighted by Gasteiger charge is 2.32. The Kier molecular flexibility index (Phi) is 5.05. The highest BCUT2D eigenvalue weighted by Crippen LogP contribution is 2.45. The molecule has 1 aliphatic rings. The standard InChI is InChI=1S/C26H26N8O/c1-15-13-33(3)24(29-15)19-7-5-17(6-8-19)14-34-25-20(12-28-34)11-27-23(32-25)21-22(18-9-10-18)30-16(2)31-26(21)35-4/h5-8,11-13,18H,9-10,14H2,1-4H3. The van der Waals surface area contributed by atoms with Crippen molar-refractivity contribution in [3.8, 4) is 28.7 Å². The fraction of sp³-hybridized carbons (Fsp3) is 0.308. The molecule has 0 saturated heterocycles. The zero-order valence-electron chi connectivity index (χ0n) is 20.2. The highest BCUT2D eigenvalue weighted by molar-refractivity contribution is 5.77. The van der Waals surface area contributed by atoms with Gasteiger partial charge in [-0.05, 0) is 32.3 Å². The number of fused-ring (bicyclic) bond motifs is 1. The maximum absolute atomic E-state index is 5.62. The number of methoxy groups -OCH3 is 1. The molecule has 1 aromatic carbocycles. The maximum Gasteiger partial charge on any atom is 0.228 e. The van der Waals surface area contributed by atoms with Crippen LogP contribution in [0, 0.1) is 13.8 Å². The normalized spacial score (nSPS) is 13.5. The summed E-state index contributed by atoms with van der Waals surface area (Å²) in [7, 11) is 3.64. The van der Waals surface area contributed by atoms with Gasteiger partial charge in [0.1, 0.15) is 17.2 Å². The summed E-state index contributed by atoms with van der Waals surface area (Å²) in [5, 5.41) is 5.47. The molecule has 1 saturated carbocycles. The van der Waals surface area contributed by atoms with Crippen LogP contribution in [0.1, 0.15) is 41.5 Å². The first-order valence-electron chi connectivity index (χ1n) is 11.7. The zero-order valence-corrected chi connectivity index (χ0v) is 20.2. The van der Waals surface area contributed by atoms with Gasteiger partial charge in [0.15, 0.2) is 11.5 Å². The Hall–Kier alpha value is -4.14. The first kappa shape index (κ1) is 21.4. The van der Waals surface area contributed by atoms with Crippen molar-refractivity contribution in [3.05, 3.63) is 65.6 Å². The predicted molar refractivity (Wildman–Crippen MR) is 132 cm³/mol. The van der Waals surface area contributed by atoms with E-state index in [1.165, 1.54) is 0 Å². The van der Waals surface area contributed by atoms with Crippen molar-refractivity contribution in [1.29, 1.82) is 0 Å². The van der Waals surface area contributed by atoms with Gasteiger partial charge in [-0.25, -0.2) is 24.6 Å². The van der Waals surface area contributed by atoms with Crippen LogP contribution in [-0.4, -0.2) is 46.4 Å². The van der Waals surface area contributed by atoms with Crippen LogP contribution in [0.15, 0.2) is 42.9 Å². The summed E-state index contributed by atoms with van der Waals surface area (Å²) in [6.45, 7) is 4.48. The number of imidazole rings is 1. The molecule has 4 aromatic heterocycles. The minimum atomic E-state index is 0.408. The van der Waals surface area contributed by atoms with Gasteiger partial charge in [0.05, 0.1) is 36.6 Å². The molecule has 6 rings (SSSR count). The number of aryl methyl sites for hydroxylation is 3. The Morgan fingerprint density at radius 2 is 1.80 bits per heavy atom. The molecule has 0 radical (unpaired) electrons. The van der Waals surface area contributed by atoms with Gasteiger partial charge in [-0.3, -0.25) is 0 Å². The Morgan fingerprint density at radius 3 is 2.49 bits per heavy atom. The Labute approximate surface area is 202 Å². The first-order valence-corrected chi connectivity index (χ1v) is 11.7. The van der Waals surface area contributed by atoms with Gasteiger partial charge < -0.3 is 9.30 Å². The van der Waals surface area contributed by atoms with Crippen molar-refractivity contribution in [1.82, 2.24) is 39.3 Å². The number of aromatic nitrogens is 8. The molecule has 0 N–H and O–H groups in total. The highest BCUT2D eigenvalue weighted by atomic mass is 16.5. The molecule has 0 amide bonds. The zero-order chi connectivity index (χ0) is 24.1. The third-order valence-corrected chi connectivity index (χ3v) is 6.31. The topological polar surface area (TPSA) is 96.4 Å². The van der Waals surface area contributed by atoms with Crippen LogP contribution < -0.4 is 4.74 Å². The van der Waals surface area contributed by atoms with Crippen molar-refractivity contribution in [2.24, 2.45) is 7.05 Å². The summed E-state index contributed by atoms with van der Waals surface area (Å²) in [4.78, 5) is 23.4. The largest absolute Gasteiger partial charge is 0.480 e. The molecule has 0 atom stereocenters. The van der Waals surface area contributed by atoms with Gasteiger partial charge in [-0.15, -0.1) is 0 Å². The van der Waals surface area contributed by atoms with Gasteiger partial charge in [0.2, 0.25) is 5.88 Å². The molecule has 176 valence electrons. The van der Waals surface area contributed by atoms with E-state index in [9.17, 15) is 0 Å². The van der Waals surface area contributed by atoms with Gasteiger partial charge >= 0.3 is 0 Å². The Morgan fingerprint density at radius 1 is 1.00 bits per heavy atom. The molecule has 0 bridgehead atoms. The van der Waals surface area contributed by atoms with E-state index in [0.717, 1.165) is 57.8 Å². The van der Waals surface area contributed by atoms with Crippen LogP contribution in [0.4, 0.5) is 0 Å². The van der Waals surface area contributed by atoms with Gasteiger partial charge in [0.25, 0.3) is 0 Å². The van der Waals surface area contributed by atoms with Crippen LogP contribution >= 0.6 is 0 Å². The predicted octanol–water partition coefficient (Wildman–Crippen LogP) is 4.23. The summed E-state index contributed by atoms with van der Waals surface area (Å²) >= 11 is 0. The van der Waals surface area contributed by atoms with Crippen molar-refractivity contribution in [2.45, 2.75) is 39.2 Å². The fourth-order valence-corrected chi connectivity index (χ4v) is 4.50. The molecular formula is C26H26N8O. The van der Waals surface area contributed by atoms with E-state index in [1.54, 1.807) is 13.3 Å². The Balaban J connectivity index is 1.35. The van der Waals surface area contributed by atoms with Crippen LogP contribution in [0.3, 0.4) is 0 Å². The third kappa shape index (κ3) is 3.92. The van der Waals surface area contributed by atoms with E-state index in [4.69, 9.17) is 14.7 Å². The maximum atomic E-state index is 5.62. The molecule has 0 aliphatic heterocycles. The van der Waals surface area contributed by atoms with E-state index in [-0.39, 0.29) is 0 Å². The minimum absolute atomic E-state index is 0.408. The monoisotopic (exact) mass is 466 g/mol. The lowest BCUT2D eigenvalue weighted by molar-refractivity contribution is 0.396. The van der Waals surface area contributed by atoms with Crippen molar-refractivity contribution >= 4 is 11.0 Å². The summed E-state index contributed by atoms with van der Waals surface area (Å²) in [6.07, 6.45) is 7.86. The molecule has 1 fully saturated rings. The molecule has 4 heterocycles. The summed E-state index contributed by atoms with van der Waals surface area (Å²) in [6, 6.07) is 8.41. The number of benzene rings is 1. The van der Waals surface area contributed by atoms with Gasteiger partial charge in [0, 0.05) is 30.9 Å². The second-order valence-electron chi connectivity index (χ2n) is 9.10. The van der Waals surface area contributed by atoms with E-state index in [2.05, 4.69) is 44.3 Å². The average molecular weight is 467 g/mol. The minimum Gasteiger partial charge on any atom is -0.480 e. The number of hydrogen-bond donors (Lipinski definition) is 0. The number of nitrogens with zero attached hydrogens (tertiary/aromatic N) is 8. The summed E-state index contributed by atoms with van der Waals surface area (Å²) < 4.78 is 9.56. The van der Waals surface area contributed by atoms with E-state index >= 15 is 0 Å². The lowest BCUT2D eigenvalue weighted by Crippen LogP contribution is -2.06. The molecule has 0 unspecified atom stereocenters. The van der Waals surface area contributed by atoms with Crippen LogP contribution in [0.5, 0.6) is 5.88 Å². The SMILES string of the molecule is COc1nc(C)nc(C2CC2)c1-c1ncc2cnn(Cc3ccc(-c4nc(C)cn4C)cc3)c2n1.